The standard InChI is InChI=1S/C6H4BrClFN/c7-3-5-1-4(8)2-6(9)10-5/h1-2H,3H2. The van der Waals surface area contributed by atoms with Crippen LogP contribution in [0, 0.1) is 5.95 Å². The molecule has 1 heterocycles. The van der Waals surface area contributed by atoms with E-state index in [2.05, 4.69) is 20.9 Å². The number of hydrogen-bond donors (Lipinski definition) is 0. The van der Waals surface area contributed by atoms with Crippen LogP contribution >= 0.6 is 27.5 Å². The molecule has 1 rings (SSSR count). The van der Waals surface area contributed by atoms with E-state index in [9.17, 15) is 4.39 Å². The second-order valence-corrected chi connectivity index (χ2v) is 2.73. The summed E-state index contributed by atoms with van der Waals surface area (Å²) in [5.41, 5.74) is 0.602. The molecule has 0 aliphatic rings. The van der Waals surface area contributed by atoms with Crippen molar-refractivity contribution < 1.29 is 4.39 Å². The number of hydrogen-bond acceptors (Lipinski definition) is 1. The summed E-state index contributed by atoms with van der Waals surface area (Å²) in [6, 6.07) is 2.78. The van der Waals surface area contributed by atoms with Gasteiger partial charge in [0.25, 0.3) is 0 Å². The predicted octanol–water partition coefficient (Wildman–Crippen LogP) is 2.77. The largest absolute Gasteiger partial charge is 0.224 e. The molecule has 54 valence electrons. The van der Waals surface area contributed by atoms with Gasteiger partial charge in [0, 0.05) is 16.4 Å². The third-order valence-electron chi connectivity index (χ3n) is 0.949. The van der Waals surface area contributed by atoms with Crippen molar-refractivity contribution in [3.63, 3.8) is 0 Å². The van der Waals surface area contributed by atoms with Gasteiger partial charge in [-0.3, -0.25) is 0 Å². The minimum Gasteiger partial charge on any atom is -0.224 e. The number of nitrogens with zero attached hydrogens (tertiary/aromatic N) is 1. The van der Waals surface area contributed by atoms with Crippen molar-refractivity contribution in [3.05, 3.63) is 28.8 Å². The fourth-order valence-electron chi connectivity index (χ4n) is 0.585. The third kappa shape index (κ3) is 1.92. The average Bonchev–Trinajstić information content (AvgIpc) is 1.85. The fourth-order valence-corrected chi connectivity index (χ4v) is 1.09. The molecular formula is C6H4BrClFN. The average molecular weight is 224 g/mol. The van der Waals surface area contributed by atoms with Gasteiger partial charge in [-0.2, -0.15) is 4.39 Å². The first-order valence-electron chi connectivity index (χ1n) is 2.60. The summed E-state index contributed by atoms with van der Waals surface area (Å²) in [5.74, 6) is -0.540. The molecule has 0 spiro atoms. The lowest BCUT2D eigenvalue weighted by molar-refractivity contribution is 0.580. The Hall–Kier alpha value is -0.150. The highest BCUT2D eigenvalue weighted by Crippen LogP contribution is 2.12. The maximum atomic E-state index is 12.4. The van der Waals surface area contributed by atoms with E-state index in [1.165, 1.54) is 6.07 Å². The highest BCUT2D eigenvalue weighted by molar-refractivity contribution is 9.08. The topological polar surface area (TPSA) is 12.9 Å². The van der Waals surface area contributed by atoms with Crippen LogP contribution in [-0.4, -0.2) is 4.98 Å². The van der Waals surface area contributed by atoms with Gasteiger partial charge < -0.3 is 0 Å². The Morgan fingerprint density at radius 2 is 2.30 bits per heavy atom. The van der Waals surface area contributed by atoms with Gasteiger partial charge in [0.1, 0.15) is 0 Å². The van der Waals surface area contributed by atoms with E-state index in [0.717, 1.165) is 0 Å². The van der Waals surface area contributed by atoms with E-state index < -0.39 is 5.95 Å². The zero-order chi connectivity index (χ0) is 7.56. The van der Waals surface area contributed by atoms with Crippen LogP contribution in [0.1, 0.15) is 5.69 Å². The van der Waals surface area contributed by atoms with E-state index in [4.69, 9.17) is 11.6 Å². The molecule has 1 aromatic heterocycles. The van der Waals surface area contributed by atoms with Gasteiger partial charge in [0.05, 0.1) is 5.69 Å². The molecule has 0 bridgehead atoms. The molecular weight excluding hydrogens is 220 g/mol. The molecule has 0 saturated carbocycles. The normalized spacial score (nSPS) is 9.90. The molecule has 1 aromatic rings. The molecule has 0 atom stereocenters. The van der Waals surface area contributed by atoms with Gasteiger partial charge >= 0.3 is 0 Å². The molecule has 0 fully saturated rings. The monoisotopic (exact) mass is 223 g/mol. The molecule has 10 heavy (non-hydrogen) atoms. The summed E-state index contributed by atoms with van der Waals surface area (Å²) < 4.78 is 12.4. The van der Waals surface area contributed by atoms with Crippen molar-refractivity contribution in [3.8, 4) is 0 Å². The molecule has 0 N–H and O–H groups in total. The number of halogens is 3. The minimum absolute atomic E-state index is 0.377. The summed E-state index contributed by atoms with van der Waals surface area (Å²) in [7, 11) is 0. The summed E-state index contributed by atoms with van der Waals surface area (Å²) in [6.07, 6.45) is 0. The second-order valence-electron chi connectivity index (χ2n) is 1.73. The first kappa shape index (κ1) is 7.95. The lowest BCUT2D eigenvalue weighted by Crippen LogP contribution is -1.88. The van der Waals surface area contributed by atoms with E-state index >= 15 is 0 Å². The van der Waals surface area contributed by atoms with Crippen LogP contribution in [0.2, 0.25) is 5.02 Å². The summed E-state index contributed by atoms with van der Waals surface area (Å²) in [4.78, 5) is 3.55. The van der Waals surface area contributed by atoms with Crippen LogP contribution in [-0.2, 0) is 5.33 Å². The molecule has 0 unspecified atom stereocenters. The molecule has 4 heteroatoms. The quantitative estimate of drug-likeness (QED) is 0.528. The molecule has 1 nitrogen and oxygen atoms in total. The number of rotatable bonds is 1. The predicted molar refractivity (Wildman–Crippen MR) is 41.8 cm³/mol. The highest BCUT2D eigenvalue weighted by atomic mass is 79.9. The number of aromatic nitrogens is 1. The highest BCUT2D eigenvalue weighted by Gasteiger charge is 1.97. The van der Waals surface area contributed by atoms with Gasteiger partial charge in [-0.15, -0.1) is 0 Å². The van der Waals surface area contributed by atoms with Gasteiger partial charge in [0.15, 0.2) is 0 Å². The Labute approximate surface area is 71.4 Å². The van der Waals surface area contributed by atoms with Crippen LogP contribution in [0.3, 0.4) is 0 Å². The lowest BCUT2D eigenvalue weighted by atomic mass is 10.4. The van der Waals surface area contributed by atoms with Crippen LogP contribution in [0.15, 0.2) is 12.1 Å². The summed E-state index contributed by atoms with van der Waals surface area (Å²) in [6.45, 7) is 0. The van der Waals surface area contributed by atoms with Crippen molar-refractivity contribution in [2.45, 2.75) is 5.33 Å². The van der Waals surface area contributed by atoms with Crippen molar-refractivity contribution in [1.82, 2.24) is 4.98 Å². The Bertz CT molecular complexity index is 221. The van der Waals surface area contributed by atoms with Crippen LogP contribution in [0.4, 0.5) is 4.39 Å². The maximum Gasteiger partial charge on any atom is 0.214 e. The summed E-state index contributed by atoms with van der Waals surface area (Å²) in [5, 5.41) is 0.895. The Kier molecular flexibility index (Phi) is 2.63. The third-order valence-corrected chi connectivity index (χ3v) is 1.74. The number of pyridine rings is 1. The van der Waals surface area contributed by atoms with Crippen LogP contribution in [0.5, 0.6) is 0 Å². The Balaban J connectivity index is 3.06. The fraction of sp³-hybridized carbons (Fsp3) is 0.167. The van der Waals surface area contributed by atoms with Gasteiger partial charge in [-0.25, -0.2) is 4.98 Å². The van der Waals surface area contributed by atoms with Crippen molar-refractivity contribution in [1.29, 1.82) is 0 Å². The zero-order valence-corrected chi connectivity index (χ0v) is 7.28. The molecule has 0 aliphatic heterocycles. The molecule has 0 saturated heterocycles. The molecule has 0 radical (unpaired) electrons. The Morgan fingerprint density at radius 1 is 1.60 bits per heavy atom. The van der Waals surface area contributed by atoms with Crippen LogP contribution < -0.4 is 0 Å². The van der Waals surface area contributed by atoms with E-state index in [1.54, 1.807) is 6.07 Å². The van der Waals surface area contributed by atoms with Crippen molar-refractivity contribution >= 4 is 27.5 Å². The minimum atomic E-state index is -0.540. The van der Waals surface area contributed by atoms with Gasteiger partial charge in [-0.05, 0) is 6.07 Å². The maximum absolute atomic E-state index is 12.4. The second kappa shape index (κ2) is 3.30. The first-order chi connectivity index (χ1) is 4.72. The molecule has 0 amide bonds. The van der Waals surface area contributed by atoms with E-state index in [1.807, 2.05) is 0 Å². The SMILES string of the molecule is Fc1cc(Cl)cc(CBr)n1. The van der Waals surface area contributed by atoms with E-state index in [0.29, 0.717) is 16.0 Å². The van der Waals surface area contributed by atoms with Gasteiger partial charge in [0.2, 0.25) is 5.95 Å². The van der Waals surface area contributed by atoms with Crippen molar-refractivity contribution in [2.75, 3.05) is 0 Å². The summed E-state index contributed by atoms with van der Waals surface area (Å²) >= 11 is 8.67. The lowest BCUT2D eigenvalue weighted by Gasteiger charge is -1.94. The van der Waals surface area contributed by atoms with E-state index in [-0.39, 0.29) is 0 Å². The zero-order valence-electron chi connectivity index (χ0n) is 4.94. The molecule has 0 aromatic carbocycles. The first-order valence-corrected chi connectivity index (χ1v) is 4.10. The number of alkyl halides is 1. The van der Waals surface area contributed by atoms with Crippen molar-refractivity contribution in [2.24, 2.45) is 0 Å². The smallest absolute Gasteiger partial charge is 0.214 e. The van der Waals surface area contributed by atoms with Gasteiger partial charge in [-0.1, -0.05) is 27.5 Å². The Morgan fingerprint density at radius 3 is 2.80 bits per heavy atom. The molecule has 0 aliphatic carbocycles. The van der Waals surface area contributed by atoms with Crippen LogP contribution in [0.25, 0.3) is 0 Å².